The van der Waals surface area contributed by atoms with Crippen LogP contribution in [0.4, 0.5) is 0 Å². The highest BCUT2D eigenvalue weighted by molar-refractivity contribution is 5.48. The molecular formula is C18H20O. The molecule has 0 amide bonds. The van der Waals surface area contributed by atoms with Gasteiger partial charge in [-0.1, -0.05) is 79.7 Å². The van der Waals surface area contributed by atoms with E-state index in [0.717, 1.165) is 12.0 Å². The van der Waals surface area contributed by atoms with Crippen LogP contribution < -0.4 is 0 Å². The monoisotopic (exact) mass is 252 g/mol. The summed E-state index contributed by atoms with van der Waals surface area (Å²) in [7, 11) is 0. The summed E-state index contributed by atoms with van der Waals surface area (Å²) in [5.41, 5.74) is 2.19. The van der Waals surface area contributed by atoms with Gasteiger partial charge in [-0.3, -0.25) is 0 Å². The van der Waals surface area contributed by atoms with E-state index in [1.807, 2.05) is 48.5 Å². The van der Waals surface area contributed by atoms with Crippen molar-refractivity contribution in [1.29, 1.82) is 0 Å². The van der Waals surface area contributed by atoms with Crippen molar-refractivity contribution in [2.24, 2.45) is 5.92 Å². The Morgan fingerprint density at radius 3 is 2.16 bits per heavy atom. The van der Waals surface area contributed by atoms with Crippen molar-refractivity contribution in [2.75, 3.05) is 0 Å². The van der Waals surface area contributed by atoms with Crippen LogP contribution in [0, 0.1) is 5.92 Å². The van der Waals surface area contributed by atoms with Gasteiger partial charge < -0.3 is 5.11 Å². The second-order valence-corrected chi connectivity index (χ2v) is 4.88. The summed E-state index contributed by atoms with van der Waals surface area (Å²) in [5.74, 6) is 0.211. The molecular weight excluding hydrogens is 232 g/mol. The highest BCUT2D eigenvalue weighted by Crippen LogP contribution is 2.24. The summed E-state index contributed by atoms with van der Waals surface area (Å²) in [6, 6.07) is 20.1. The number of benzene rings is 2. The van der Waals surface area contributed by atoms with Crippen LogP contribution in [-0.2, 0) is 0 Å². The summed E-state index contributed by atoms with van der Waals surface area (Å²) in [5, 5.41) is 10.3. The Labute approximate surface area is 115 Å². The smallest absolute Gasteiger partial charge is 0.0818 e. The lowest BCUT2D eigenvalue weighted by Crippen LogP contribution is -2.08. The largest absolute Gasteiger partial charge is 0.388 e. The van der Waals surface area contributed by atoms with Gasteiger partial charge in [-0.2, -0.15) is 0 Å². The predicted octanol–water partition coefficient (Wildman–Crippen LogP) is 4.46. The van der Waals surface area contributed by atoms with Crippen LogP contribution in [-0.4, -0.2) is 5.11 Å². The zero-order chi connectivity index (χ0) is 13.5. The molecule has 0 aromatic heterocycles. The van der Waals surface area contributed by atoms with Crippen molar-refractivity contribution in [2.45, 2.75) is 19.4 Å². The molecule has 0 aliphatic carbocycles. The summed E-state index contributed by atoms with van der Waals surface area (Å²) < 4.78 is 0. The SMILES string of the molecule is CC(C/C=C/c1ccccc1)C(O)c1ccccc1. The minimum Gasteiger partial charge on any atom is -0.388 e. The molecule has 0 heterocycles. The molecule has 0 radical (unpaired) electrons. The Kier molecular flexibility index (Phi) is 4.93. The summed E-state index contributed by atoms with van der Waals surface area (Å²) in [6.07, 6.45) is 4.70. The van der Waals surface area contributed by atoms with Gasteiger partial charge in [-0.15, -0.1) is 0 Å². The first-order valence-electron chi connectivity index (χ1n) is 6.72. The van der Waals surface area contributed by atoms with E-state index in [0.29, 0.717) is 0 Å². The van der Waals surface area contributed by atoms with Gasteiger partial charge in [0.15, 0.2) is 0 Å². The van der Waals surface area contributed by atoms with E-state index in [1.54, 1.807) is 0 Å². The first-order chi connectivity index (χ1) is 9.27. The average molecular weight is 252 g/mol. The van der Waals surface area contributed by atoms with Crippen molar-refractivity contribution < 1.29 is 5.11 Å². The molecule has 0 bridgehead atoms. The molecule has 2 aromatic rings. The maximum absolute atomic E-state index is 10.3. The number of rotatable bonds is 5. The van der Waals surface area contributed by atoms with Crippen molar-refractivity contribution in [3.05, 3.63) is 77.9 Å². The van der Waals surface area contributed by atoms with Crippen molar-refractivity contribution in [3.8, 4) is 0 Å². The van der Waals surface area contributed by atoms with Gasteiger partial charge in [0.2, 0.25) is 0 Å². The number of allylic oxidation sites excluding steroid dienone is 1. The molecule has 2 unspecified atom stereocenters. The fraction of sp³-hybridized carbons (Fsp3) is 0.222. The number of aliphatic hydroxyl groups is 1. The summed E-state index contributed by atoms with van der Waals surface area (Å²) in [4.78, 5) is 0. The van der Waals surface area contributed by atoms with E-state index >= 15 is 0 Å². The lowest BCUT2D eigenvalue weighted by atomic mass is 9.94. The van der Waals surface area contributed by atoms with E-state index in [9.17, 15) is 5.11 Å². The van der Waals surface area contributed by atoms with Gasteiger partial charge in [-0.25, -0.2) is 0 Å². The summed E-state index contributed by atoms with van der Waals surface area (Å²) in [6.45, 7) is 2.08. The minimum absolute atomic E-state index is 0.211. The second kappa shape index (κ2) is 6.91. The normalized spacial score (nSPS) is 14.4. The second-order valence-electron chi connectivity index (χ2n) is 4.88. The predicted molar refractivity (Wildman–Crippen MR) is 80.7 cm³/mol. The Morgan fingerprint density at radius 1 is 0.947 bits per heavy atom. The Balaban J connectivity index is 1.91. The summed E-state index contributed by atoms with van der Waals surface area (Å²) >= 11 is 0. The third kappa shape index (κ3) is 4.08. The molecule has 0 aliphatic rings. The molecule has 0 saturated heterocycles. The van der Waals surface area contributed by atoms with E-state index in [1.165, 1.54) is 5.56 Å². The van der Waals surface area contributed by atoms with Gasteiger partial charge >= 0.3 is 0 Å². The quantitative estimate of drug-likeness (QED) is 0.833. The molecule has 2 rings (SSSR count). The molecule has 19 heavy (non-hydrogen) atoms. The fourth-order valence-corrected chi connectivity index (χ4v) is 2.09. The van der Waals surface area contributed by atoms with E-state index in [2.05, 4.69) is 31.2 Å². The Hall–Kier alpha value is -1.86. The molecule has 2 aromatic carbocycles. The van der Waals surface area contributed by atoms with Gasteiger partial charge in [0.25, 0.3) is 0 Å². The molecule has 0 aliphatic heterocycles. The van der Waals surface area contributed by atoms with Gasteiger partial charge in [-0.05, 0) is 23.5 Å². The first kappa shape index (κ1) is 13.6. The standard InChI is InChI=1S/C18H20O/c1-15(18(19)17-13-6-3-7-14-17)9-8-12-16-10-4-2-5-11-16/h2-8,10-15,18-19H,9H2,1H3/b12-8+. The highest BCUT2D eigenvalue weighted by atomic mass is 16.3. The van der Waals surface area contributed by atoms with Gasteiger partial charge in [0.05, 0.1) is 6.10 Å². The topological polar surface area (TPSA) is 20.2 Å². The minimum atomic E-state index is -0.401. The van der Waals surface area contributed by atoms with E-state index < -0.39 is 6.10 Å². The van der Waals surface area contributed by atoms with Crippen LogP contribution in [0.3, 0.4) is 0 Å². The van der Waals surface area contributed by atoms with Crippen LogP contribution in [0.5, 0.6) is 0 Å². The molecule has 1 nitrogen and oxygen atoms in total. The number of hydrogen-bond donors (Lipinski definition) is 1. The highest BCUT2D eigenvalue weighted by Gasteiger charge is 2.14. The first-order valence-corrected chi connectivity index (χ1v) is 6.72. The maximum Gasteiger partial charge on any atom is 0.0818 e. The van der Waals surface area contributed by atoms with Crippen molar-refractivity contribution >= 4 is 6.08 Å². The zero-order valence-electron chi connectivity index (χ0n) is 11.2. The van der Waals surface area contributed by atoms with Gasteiger partial charge in [0.1, 0.15) is 0 Å². The van der Waals surface area contributed by atoms with Crippen LogP contribution in [0.15, 0.2) is 66.7 Å². The van der Waals surface area contributed by atoms with Crippen LogP contribution in [0.2, 0.25) is 0 Å². The van der Waals surface area contributed by atoms with E-state index in [-0.39, 0.29) is 5.92 Å². The average Bonchev–Trinajstić information content (AvgIpc) is 2.48. The number of hydrogen-bond acceptors (Lipinski definition) is 1. The third-order valence-electron chi connectivity index (χ3n) is 3.30. The third-order valence-corrected chi connectivity index (χ3v) is 3.30. The molecule has 98 valence electrons. The van der Waals surface area contributed by atoms with Crippen LogP contribution >= 0.6 is 0 Å². The fourth-order valence-electron chi connectivity index (χ4n) is 2.09. The molecule has 1 heteroatoms. The number of aliphatic hydroxyl groups excluding tert-OH is 1. The zero-order valence-corrected chi connectivity index (χ0v) is 11.2. The Bertz CT molecular complexity index is 502. The lowest BCUT2D eigenvalue weighted by Gasteiger charge is -2.17. The molecule has 0 fully saturated rings. The van der Waals surface area contributed by atoms with Gasteiger partial charge in [0, 0.05) is 0 Å². The Morgan fingerprint density at radius 2 is 1.53 bits per heavy atom. The lowest BCUT2D eigenvalue weighted by molar-refractivity contribution is 0.119. The van der Waals surface area contributed by atoms with Crippen molar-refractivity contribution in [1.82, 2.24) is 0 Å². The molecule has 0 saturated carbocycles. The van der Waals surface area contributed by atoms with Crippen molar-refractivity contribution in [3.63, 3.8) is 0 Å². The molecule has 0 spiro atoms. The van der Waals surface area contributed by atoms with E-state index in [4.69, 9.17) is 0 Å². The molecule has 2 atom stereocenters. The maximum atomic E-state index is 10.3. The van der Waals surface area contributed by atoms with Crippen LogP contribution in [0.25, 0.3) is 6.08 Å². The van der Waals surface area contributed by atoms with Crippen LogP contribution in [0.1, 0.15) is 30.6 Å². The molecule has 1 N–H and O–H groups in total.